The van der Waals surface area contributed by atoms with Gasteiger partial charge in [0.15, 0.2) is 0 Å². The van der Waals surface area contributed by atoms with E-state index in [1.165, 1.54) is 0 Å². The molecule has 0 bridgehead atoms. The summed E-state index contributed by atoms with van der Waals surface area (Å²) < 4.78 is 5.77. The van der Waals surface area contributed by atoms with Gasteiger partial charge in [0, 0.05) is 17.7 Å². The molecular weight excluding hydrogens is 274 g/mol. The van der Waals surface area contributed by atoms with Gasteiger partial charge in [-0.25, -0.2) is 4.98 Å². The fraction of sp³-hybridized carbons (Fsp3) is 0.389. The second-order valence-corrected chi connectivity index (χ2v) is 5.76. The monoisotopic (exact) mass is 293 g/mol. The molecule has 22 heavy (non-hydrogen) atoms. The van der Waals surface area contributed by atoms with Gasteiger partial charge in [-0.2, -0.15) is 10.2 Å². The molecule has 0 N–H and O–H groups in total. The van der Waals surface area contributed by atoms with Crippen LogP contribution in [0.4, 0.5) is 0 Å². The molecule has 2 atom stereocenters. The van der Waals surface area contributed by atoms with Crippen molar-refractivity contribution in [1.29, 1.82) is 5.26 Å². The average Bonchev–Trinajstić information content (AvgIpc) is 2.61. The van der Waals surface area contributed by atoms with Gasteiger partial charge < -0.3 is 4.74 Å². The summed E-state index contributed by atoms with van der Waals surface area (Å²) >= 11 is 0. The molecule has 0 saturated heterocycles. The van der Waals surface area contributed by atoms with Crippen molar-refractivity contribution < 1.29 is 4.74 Å². The van der Waals surface area contributed by atoms with E-state index in [9.17, 15) is 0 Å². The minimum atomic E-state index is 0.180. The number of hydrogen-bond donors (Lipinski definition) is 0. The Morgan fingerprint density at radius 2 is 2.05 bits per heavy atom. The van der Waals surface area contributed by atoms with E-state index in [-0.39, 0.29) is 5.92 Å². The van der Waals surface area contributed by atoms with E-state index in [1.807, 2.05) is 36.4 Å². The van der Waals surface area contributed by atoms with E-state index in [1.54, 1.807) is 6.20 Å². The van der Waals surface area contributed by atoms with Crippen LogP contribution in [0.15, 0.2) is 42.6 Å². The summed E-state index contributed by atoms with van der Waals surface area (Å²) in [5.74, 6) is 0.612. The van der Waals surface area contributed by atoms with Crippen molar-refractivity contribution in [3.8, 4) is 23.3 Å². The van der Waals surface area contributed by atoms with Crippen LogP contribution >= 0.6 is 0 Å². The number of nitrogens with zero attached hydrogens (tertiary/aromatic N) is 3. The van der Waals surface area contributed by atoms with Crippen LogP contribution < -0.4 is 4.74 Å². The fourth-order valence-electron chi connectivity index (χ4n) is 2.93. The summed E-state index contributed by atoms with van der Waals surface area (Å²) in [6, 6.07) is 14.7. The second kappa shape index (κ2) is 7.04. The molecule has 112 valence electrons. The first-order chi connectivity index (χ1) is 10.8. The highest BCUT2D eigenvalue weighted by molar-refractivity contribution is 5.58. The van der Waals surface area contributed by atoms with E-state index in [2.05, 4.69) is 16.0 Å². The molecule has 1 aromatic carbocycles. The zero-order valence-corrected chi connectivity index (χ0v) is 12.5. The molecule has 2 aromatic rings. The third-order valence-corrected chi connectivity index (χ3v) is 4.12. The van der Waals surface area contributed by atoms with Crippen LogP contribution in [0.5, 0.6) is 6.01 Å². The van der Waals surface area contributed by atoms with Gasteiger partial charge in [0.25, 0.3) is 0 Å². The number of hydrogen-bond acceptors (Lipinski definition) is 4. The Kier molecular flexibility index (Phi) is 4.65. The third kappa shape index (κ3) is 3.62. The van der Waals surface area contributed by atoms with Crippen molar-refractivity contribution in [3.63, 3.8) is 0 Å². The zero-order chi connectivity index (χ0) is 15.2. The number of aromatic nitrogens is 2. The van der Waals surface area contributed by atoms with Crippen molar-refractivity contribution in [2.45, 2.75) is 25.7 Å². The fourth-order valence-corrected chi connectivity index (χ4v) is 2.93. The van der Waals surface area contributed by atoms with Crippen molar-refractivity contribution in [3.05, 3.63) is 42.6 Å². The van der Waals surface area contributed by atoms with Gasteiger partial charge in [-0.3, -0.25) is 0 Å². The van der Waals surface area contributed by atoms with E-state index in [0.29, 0.717) is 18.5 Å². The summed E-state index contributed by atoms with van der Waals surface area (Å²) in [6.45, 7) is 0.594. The van der Waals surface area contributed by atoms with Gasteiger partial charge in [-0.1, -0.05) is 36.8 Å². The molecule has 3 rings (SSSR count). The lowest BCUT2D eigenvalue weighted by Crippen LogP contribution is -2.20. The SMILES string of the molecule is N#CC1CCCC(COc2nccc(-c3ccccc3)n2)C1. The Hall–Kier alpha value is -2.41. The molecule has 0 spiro atoms. The highest BCUT2D eigenvalue weighted by atomic mass is 16.5. The highest BCUT2D eigenvalue weighted by Crippen LogP contribution is 2.29. The standard InChI is InChI=1S/C18H19N3O/c19-12-14-5-4-6-15(11-14)13-22-18-20-10-9-17(21-18)16-7-2-1-3-8-16/h1-3,7-10,14-15H,4-6,11,13H2. The Labute approximate surface area is 130 Å². The van der Waals surface area contributed by atoms with E-state index in [4.69, 9.17) is 10.00 Å². The maximum absolute atomic E-state index is 9.04. The lowest BCUT2D eigenvalue weighted by molar-refractivity contribution is 0.182. The minimum Gasteiger partial charge on any atom is -0.463 e. The van der Waals surface area contributed by atoms with Gasteiger partial charge in [-0.05, 0) is 31.2 Å². The molecule has 1 saturated carbocycles. The number of ether oxygens (including phenoxy) is 1. The van der Waals surface area contributed by atoms with Gasteiger partial charge in [-0.15, -0.1) is 0 Å². The summed E-state index contributed by atoms with van der Waals surface area (Å²) in [7, 11) is 0. The predicted octanol–water partition coefficient (Wildman–Crippen LogP) is 3.85. The van der Waals surface area contributed by atoms with Gasteiger partial charge >= 0.3 is 6.01 Å². The maximum Gasteiger partial charge on any atom is 0.316 e. The zero-order valence-electron chi connectivity index (χ0n) is 12.5. The Morgan fingerprint density at radius 1 is 1.18 bits per heavy atom. The highest BCUT2D eigenvalue weighted by Gasteiger charge is 2.22. The molecule has 4 nitrogen and oxygen atoms in total. The Balaban J connectivity index is 1.63. The number of rotatable bonds is 4. The molecule has 1 aliphatic carbocycles. The largest absolute Gasteiger partial charge is 0.463 e. The summed E-state index contributed by atoms with van der Waals surface area (Å²) in [5.41, 5.74) is 1.92. The van der Waals surface area contributed by atoms with E-state index in [0.717, 1.165) is 36.9 Å². The van der Waals surface area contributed by atoms with Crippen LogP contribution in [-0.2, 0) is 0 Å². The van der Waals surface area contributed by atoms with Crippen LogP contribution in [-0.4, -0.2) is 16.6 Å². The first-order valence-corrected chi connectivity index (χ1v) is 7.76. The Bertz CT molecular complexity index is 651. The third-order valence-electron chi connectivity index (χ3n) is 4.12. The summed E-state index contributed by atoms with van der Waals surface area (Å²) in [4.78, 5) is 8.66. The van der Waals surface area contributed by atoms with Crippen molar-refractivity contribution in [1.82, 2.24) is 9.97 Å². The Morgan fingerprint density at radius 3 is 2.86 bits per heavy atom. The van der Waals surface area contributed by atoms with Crippen LogP contribution in [0.2, 0.25) is 0 Å². The van der Waals surface area contributed by atoms with Crippen LogP contribution in [0.3, 0.4) is 0 Å². The normalized spacial score (nSPS) is 21.0. The first kappa shape index (κ1) is 14.5. The molecule has 0 amide bonds. The molecule has 4 heteroatoms. The summed E-state index contributed by atoms with van der Waals surface area (Å²) in [5, 5.41) is 9.04. The van der Waals surface area contributed by atoms with Gasteiger partial charge in [0.2, 0.25) is 0 Å². The van der Waals surface area contributed by atoms with E-state index < -0.39 is 0 Å². The van der Waals surface area contributed by atoms with Crippen LogP contribution in [0.1, 0.15) is 25.7 Å². The average molecular weight is 293 g/mol. The van der Waals surface area contributed by atoms with E-state index >= 15 is 0 Å². The van der Waals surface area contributed by atoms with Crippen molar-refractivity contribution in [2.24, 2.45) is 11.8 Å². The molecule has 1 fully saturated rings. The molecule has 0 aliphatic heterocycles. The predicted molar refractivity (Wildman–Crippen MR) is 84.0 cm³/mol. The van der Waals surface area contributed by atoms with Gasteiger partial charge in [0.1, 0.15) is 0 Å². The molecule has 1 aliphatic rings. The van der Waals surface area contributed by atoms with Gasteiger partial charge in [0.05, 0.1) is 18.4 Å². The molecule has 0 radical (unpaired) electrons. The number of nitriles is 1. The first-order valence-electron chi connectivity index (χ1n) is 7.76. The molecule has 1 heterocycles. The smallest absolute Gasteiger partial charge is 0.316 e. The van der Waals surface area contributed by atoms with Crippen molar-refractivity contribution in [2.75, 3.05) is 6.61 Å². The number of benzene rings is 1. The quantitative estimate of drug-likeness (QED) is 0.859. The molecule has 2 unspecified atom stereocenters. The lowest BCUT2D eigenvalue weighted by Gasteiger charge is -2.24. The molecular formula is C18H19N3O. The topological polar surface area (TPSA) is 58.8 Å². The van der Waals surface area contributed by atoms with Crippen LogP contribution in [0, 0.1) is 23.2 Å². The lowest BCUT2D eigenvalue weighted by atomic mass is 9.83. The van der Waals surface area contributed by atoms with Crippen LogP contribution in [0.25, 0.3) is 11.3 Å². The molecule has 1 aromatic heterocycles. The maximum atomic E-state index is 9.04. The minimum absolute atomic E-state index is 0.180. The summed E-state index contributed by atoms with van der Waals surface area (Å²) in [6.07, 6.45) is 5.90. The van der Waals surface area contributed by atoms with Crippen molar-refractivity contribution >= 4 is 0 Å². The second-order valence-electron chi connectivity index (χ2n) is 5.76.